The van der Waals surface area contributed by atoms with Crippen molar-refractivity contribution in [3.05, 3.63) is 52.3 Å². The van der Waals surface area contributed by atoms with E-state index in [1.165, 1.54) is 22.3 Å². The Morgan fingerprint density at radius 3 is 2.38 bits per heavy atom. The Morgan fingerprint density at radius 2 is 1.76 bits per heavy atom. The second kappa shape index (κ2) is 6.90. The molecule has 0 bridgehead atoms. The molecule has 0 saturated heterocycles. The van der Waals surface area contributed by atoms with Gasteiger partial charge in [0.15, 0.2) is 0 Å². The standard InChI is InChI=1S/C18H27N3/c1-13(2)9-19-10-18-12-21(20-16(18)5)11-17-7-14(3)6-15(4)8-17/h6-8,12-13,19H,9-11H2,1-5H3. The molecule has 2 aromatic rings. The summed E-state index contributed by atoms with van der Waals surface area (Å²) in [6.45, 7) is 13.6. The molecule has 1 aromatic heterocycles. The van der Waals surface area contributed by atoms with Gasteiger partial charge in [0, 0.05) is 18.3 Å². The number of rotatable bonds is 6. The Hall–Kier alpha value is -1.61. The normalized spacial score (nSPS) is 11.3. The van der Waals surface area contributed by atoms with Crippen molar-refractivity contribution in [2.24, 2.45) is 5.92 Å². The van der Waals surface area contributed by atoms with Crippen LogP contribution in [-0.2, 0) is 13.1 Å². The molecule has 3 heteroatoms. The van der Waals surface area contributed by atoms with Gasteiger partial charge in [-0.2, -0.15) is 5.10 Å². The average Bonchev–Trinajstić information content (AvgIpc) is 2.67. The summed E-state index contributed by atoms with van der Waals surface area (Å²) >= 11 is 0. The number of hydrogen-bond donors (Lipinski definition) is 1. The van der Waals surface area contributed by atoms with Crippen LogP contribution in [0.3, 0.4) is 0 Å². The molecule has 114 valence electrons. The summed E-state index contributed by atoms with van der Waals surface area (Å²) in [7, 11) is 0. The smallest absolute Gasteiger partial charge is 0.0659 e. The maximum absolute atomic E-state index is 4.64. The second-order valence-corrected chi connectivity index (χ2v) is 6.46. The third-order valence-electron chi connectivity index (χ3n) is 3.54. The van der Waals surface area contributed by atoms with Crippen molar-refractivity contribution in [1.82, 2.24) is 15.1 Å². The molecule has 21 heavy (non-hydrogen) atoms. The Labute approximate surface area is 128 Å². The lowest BCUT2D eigenvalue weighted by Crippen LogP contribution is -2.19. The summed E-state index contributed by atoms with van der Waals surface area (Å²) in [5, 5.41) is 8.12. The van der Waals surface area contributed by atoms with Crippen LogP contribution < -0.4 is 5.32 Å². The first-order valence-corrected chi connectivity index (χ1v) is 7.75. The highest BCUT2D eigenvalue weighted by Gasteiger charge is 2.06. The van der Waals surface area contributed by atoms with Gasteiger partial charge in [-0.3, -0.25) is 4.68 Å². The number of hydrogen-bond acceptors (Lipinski definition) is 2. The average molecular weight is 285 g/mol. The molecular weight excluding hydrogens is 258 g/mol. The monoisotopic (exact) mass is 285 g/mol. The second-order valence-electron chi connectivity index (χ2n) is 6.46. The van der Waals surface area contributed by atoms with E-state index in [1.807, 2.05) is 0 Å². The third kappa shape index (κ3) is 4.71. The lowest BCUT2D eigenvalue weighted by molar-refractivity contribution is 0.551. The highest BCUT2D eigenvalue weighted by molar-refractivity contribution is 5.29. The highest BCUT2D eigenvalue weighted by Crippen LogP contribution is 2.12. The summed E-state index contributed by atoms with van der Waals surface area (Å²) < 4.78 is 2.05. The number of aryl methyl sites for hydroxylation is 3. The van der Waals surface area contributed by atoms with Gasteiger partial charge < -0.3 is 5.32 Å². The largest absolute Gasteiger partial charge is 0.312 e. The van der Waals surface area contributed by atoms with E-state index in [2.05, 4.69) is 74.1 Å². The van der Waals surface area contributed by atoms with Crippen LogP contribution in [0.5, 0.6) is 0 Å². The number of nitrogens with zero attached hydrogens (tertiary/aromatic N) is 2. The Bertz CT molecular complexity index is 576. The van der Waals surface area contributed by atoms with Gasteiger partial charge in [0.2, 0.25) is 0 Å². The fourth-order valence-electron chi connectivity index (χ4n) is 2.66. The zero-order valence-corrected chi connectivity index (χ0v) is 13.9. The number of nitrogens with one attached hydrogen (secondary N) is 1. The third-order valence-corrected chi connectivity index (χ3v) is 3.54. The van der Waals surface area contributed by atoms with E-state index < -0.39 is 0 Å². The molecule has 0 radical (unpaired) electrons. The first kappa shape index (κ1) is 15.8. The summed E-state index contributed by atoms with van der Waals surface area (Å²) in [4.78, 5) is 0. The molecule has 0 fully saturated rings. The summed E-state index contributed by atoms with van der Waals surface area (Å²) in [6.07, 6.45) is 2.17. The van der Waals surface area contributed by atoms with Crippen LogP contribution in [0.2, 0.25) is 0 Å². The topological polar surface area (TPSA) is 29.9 Å². The molecule has 0 atom stereocenters. The van der Waals surface area contributed by atoms with Crippen LogP contribution in [0, 0.1) is 26.7 Å². The minimum Gasteiger partial charge on any atom is -0.312 e. The summed E-state index contributed by atoms with van der Waals surface area (Å²) in [5.41, 5.74) is 6.35. The first-order valence-electron chi connectivity index (χ1n) is 7.75. The fraction of sp³-hybridized carbons (Fsp3) is 0.500. The molecule has 1 heterocycles. The molecule has 2 rings (SSSR count). The van der Waals surface area contributed by atoms with Gasteiger partial charge in [0.05, 0.1) is 12.2 Å². The van der Waals surface area contributed by atoms with Crippen LogP contribution >= 0.6 is 0 Å². The van der Waals surface area contributed by atoms with E-state index in [9.17, 15) is 0 Å². The first-order chi connectivity index (χ1) is 9.94. The van der Waals surface area contributed by atoms with E-state index >= 15 is 0 Å². The Morgan fingerprint density at radius 1 is 1.10 bits per heavy atom. The van der Waals surface area contributed by atoms with Crippen LogP contribution in [0.25, 0.3) is 0 Å². The van der Waals surface area contributed by atoms with Gasteiger partial charge in [-0.1, -0.05) is 43.2 Å². The van der Waals surface area contributed by atoms with Crippen LogP contribution in [0.15, 0.2) is 24.4 Å². The molecule has 1 N–H and O–H groups in total. The van der Waals surface area contributed by atoms with Crippen molar-refractivity contribution in [3.63, 3.8) is 0 Å². The van der Waals surface area contributed by atoms with Crippen molar-refractivity contribution in [2.45, 2.75) is 47.7 Å². The quantitative estimate of drug-likeness (QED) is 0.879. The number of aromatic nitrogens is 2. The molecule has 0 saturated carbocycles. The fourth-order valence-corrected chi connectivity index (χ4v) is 2.66. The Kier molecular flexibility index (Phi) is 5.18. The maximum Gasteiger partial charge on any atom is 0.0659 e. The SMILES string of the molecule is Cc1cc(C)cc(Cn2cc(CNCC(C)C)c(C)n2)c1. The van der Waals surface area contributed by atoms with Crippen molar-refractivity contribution in [2.75, 3.05) is 6.54 Å². The van der Waals surface area contributed by atoms with Crippen molar-refractivity contribution < 1.29 is 0 Å². The van der Waals surface area contributed by atoms with Crippen LogP contribution in [0.4, 0.5) is 0 Å². The van der Waals surface area contributed by atoms with E-state index in [4.69, 9.17) is 0 Å². The van der Waals surface area contributed by atoms with Gasteiger partial charge in [-0.25, -0.2) is 0 Å². The molecule has 1 aromatic carbocycles. The van der Waals surface area contributed by atoms with Crippen LogP contribution in [0.1, 0.15) is 41.8 Å². The van der Waals surface area contributed by atoms with Gasteiger partial charge in [-0.05, 0) is 38.8 Å². The zero-order chi connectivity index (χ0) is 15.4. The van der Waals surface area contributed by atoms with Crippen molar-refractivity contribution in [3.8, 4) is 0 Å². The van der Waals surface area contributed by atoms with Crippen molar-refractivity contribution >= 4 is 0 Å². The lowest BCUT2D eigenvalue weighted by atomic mass is 10.1. The van der Waals surface area contributed by atoms with Crippen LogP contribution in [-0.4, -0.2) is 16.3 Å². The molecule has 0 spiro atoms. The van der Waals surface area contributed by atoms with Crippen molar-refractivity contribution in [1.29, 1.82) is 0 Å². The zero-order valence-electron chi connectivity index (χ0n) is 13.9. The molecule has 3 nitrogen and oxygen atoms in total. The summed E-state index contributed by atoms with van der Waals surface area (Å²) in [6, 6.07) is 6.68. The van der Waals surface area contributed by atoms with E-state index in [0.29, 0.717) is 5.92 Å². The van der Waals surface area contributed by atoms with E-state index in [-0.39, 0.29) is 0 Å². The van der Waals surface area contributed by atoms with E-state index in [0.717, 1.165) is 25.3 Å². The van der Waals surface area contributed by atoms with Gasteiger partial charge in [0.1, 0.15) is 0 Å². The molecule has 0 aliphatic carbocycles. The lowest BCUT2D eigenvalue weighted by Gasteiger charge is -2.06. The van der Waals surface area contributed by atoms with Gasteiger partial charge in [0.25, 0.3) is 0 Å². The highest BCUT2D eigenvalue weighted by atomic mass is 15.3. The predicted molar refractivity (Wildman–Crippen MR) is 88.5 cm³/mol. The van der Waals surface area contributed by atoms with E-state index in [1.54, 1.807) is 0 Å². The molecular formula is C18H27N3. The number of benzene rings is 1. The molecule has 0 aliphatic rings. The summed E-state index contributed by atoms with van der Waals surface area (Å²) in [5.74, 6) is 0.677. The van der Waals surface area contributed by atoms with Gasteiger partial charge in [-0.15, -0.1) is 0 Å². The molecule has 0 aliphatic heterocycles. The minimum absolute atomic E-state index is 0.677. The minimum atomic E-state index is 0.677. The molecule has 0 amide bonds. The predicted octanol–water partition coefficient (Wildman–Crippen LogP) is 3.60. The van der Waals surface area contributed by atoms with Gasteiger partial charge >= 0.3 is 0 Å². The molecule has 0 unspecified atom stereocenters. The maximum atomic E-state index is 4.64. The Balaban J connectivity index is 2.04.